The molecule has 0 saturated heterocycles. The van der Waals surface area contributed by atoms with Gasteiger partial charge in [0.1, 0.15) is 0 Å². The number of pyridine rings is 1. The van der Waals surface area contributed by atoms with Gasteiger partial charge in [-0.15, -0.1) is 0 Å². The highest BCUT2D eigenvalue weighted by Gasteiger charge is 2.12. The molecule has 98 valence electrons. The van der Waals surface area contributed by atoms with Gasteiger partial charge in [-0.1, -0.05) is 24.3 Å². The number of aromatic nitrogens is 1. The van der Waals surface area contributed by atoms with Crippen LogP contribution < -0.4 is 5.32 Å². The van der Waals surface area contributed by atoms with Crippen LogP contribution in [0.4, 0.5) is 5.69 Å². The lowest BCUT2D eigenvalue weighted by Gasteiger charge is -2.09. The van der Waals surface area contributed by atoms with Gasteiger partial charge in [0, 0.05) is 11.8 Å². The van der Waals surface area contributed by atoms with Crippen LogP contribution in [-0.4, -0.2) is 10.9 Å². The summed E-state index contributed by atoms with van der Waals surface area (Å²) in [6, 6.07) is 16.5. The van der Waals surface area contributed by atoms with Crippen molar-refractivity contribution in [3.8, 4) is 11.3 Å². The summed E-state index contributed by atoms with van der Waals surface area (Å²) in [7, 11) is 0. The SMILES string of the molecule is O=C(Nc1ccccc1-c1ccccn1)c1ccco1. The molecule has 1 N–H and O–H groups in total. The standard InChI is InChI=1S/C16H12N2O2/c19-16(15-9-5-11-20-15)18-14-8-2-1-6-12(14)13-7-3-4-10-17-13/h1-11H,(H,18,19). The van der Waals surface area contributed by atoms with Crippen molar-refractivity contribution in [2.75, 3.05) is 5.32 Å². The first-order valence-corrected chi connectivity index (χ1v) is 6.20. The number of benzene rings is 1. The number of para-hydroxylation sites is 1. The molecule has 0 fully saturated rings. The zero-order valence-corrected chi connectivity index (χ0v) is 10.6. The molecule has 3 aromatic rings. The highest BCUT2D eigenvalue weighted by molar-refractivity contribution is 6.04. The predicted octanol–water partition coefficient (Wildman–Crippen LogP) is 3.59. The van der Waals surface area contributed by atoms with E-state index in [1.165, 1.54) is 6.26 Å². The first-order chi connectivity index (χ1) is 9.84. The largest absolute Gasteiger partial charge is 0.459 e. The Morgan fingerprint density at radius 2 is 1.85 bits per heavy atom. The van der Waals surface area contributed by atoms with Gasteiger partial charge in [0.2, 0.25) is 0 Å². The van der Waals surface area contributed by atoms with Gasteiger partial charge in [0.25, 0.3) is 5.91 Å². The van der Waals surface area contributed by atoms with Gasteiger partial charge in [0.05, 0.1) is 17.6 Å². The first kappa shape index (κ1) is 12.2. The molecule has 0 saturated carbocycles. The summed E-state index contributed by atoms with van der Waals surface area (Å²) in [6.07, 6.45) is 3.19. The number of amides is 1. The number of anilines is 1. The Kier molecular flexibility index (Phi) is 3.29. The normalized spacial score (nSPS) is 10.2. The molecule has 0 radical (unpaired) electrons. The Bertz CT molecular complexity index is 706. The van der Waals surface area contributed by atoms with Crippen molar-refractivity contribution < 1.29 is 9.21 Å². The topological polar surface area (TPSA) is 55.1 Å². The van der Waals surface area contributed by atoms with E-state index in [0.29, 0.717) is 5.69 Å². The molecule has 4 nitrogen and oxygen atoms in total. The highest BCUT2D eigenvalue weighted by atomic mass is 16.3. The van der Waals surface area contributed by atoms with Crippen molar-refractivity contribution in [3.05, 3.63) is 72.8 Å². The van der Waals surface area contributed by atoms with Crippen LogP contribution in [0.1, 0.15) is 10.6 Å². The molecule has 1 aromatic carbocycles. The fourth-order valence-electron chi connectivity index (χ4n) is 1.93. The lowest BCUT2D eigenvalue weighted by Crippen LogP contribution is -2.11. The minimum absolute atomic E-state index is 0.279. The summed E-state index contributed by atoms with van der Waals surface area (Å²) >= 11 is 0. The van der Waals surface area contributed by atoms with E-state index in [0.717, 1.165) is 11.3 Å². The molecule has 4 heteroatoms. The van der Waals surface area contributed by atoms with Crippen LogP contribution >= 0.6 is 0 Å². The van der Waals surface area contributed by atoms with Crippen molar-refractivity contribution >= 4 is 11.6 Å². The summed E-state index contributed by atoms with van der Waals surface area (Å²) in [5, 5.41) is 2.84. The maximum absolute atomic E-state index is 12.0. The smallest absolute Gasteiger partial charge is 0.291 e. The maximum Gasteiger partial charge on any atom is 0.291 e. The minimum Gasteiger partial charge on any atom is -0.459 e. The fraction of sp³-hybridized carbons (Fsp3) is 0. The third-order valence-corrected chi connectivity index (χ3v) is 2.86. The number of furan rings is 1. The lowest BCUT2D eigenvalue weighted by atomic mass is 10.1. The van der Waals surface area contributed by atoms with E-state index in [4.69, 9.17) is 4.42 Å². The molecular formula is C16H12N2O2. The van der Waals surface area contributed by atoms with E-state index in [1.807, 2.05) is 42.5 Å². The molecular weight excluding hydrogens is 252 g/mol. The quantitative estimate of drug-likeness (QED) is 0.786. The Labute approximate surface area is 116 Å². The molecule has 0 atom stereocenters. The number of rotatable bonds is 3. The molecule has 20 heavy (non-hydrogen) atoms. The molecule has 2 heterocycles. The summed E-state index contributed by atoms with van der Waals surface area (Å²) in [5.41, 5.74) is 2.38. The van der Waals surface area contributed by atoms with Crippen molar-refractivity contribution in [1.82, 2.24) is 4.98 Å². The van der Waals surface area contributed by atoms with Gasteiger partial charge in [-0.05, 0) is 30.3 Å². The number of hydrogen-bond donors (Lipinski definition) is 1. The van der Waals surface area contributed by atoms with Crippen molar-refractivity contribution in [3.63, 3.8) is 0 Å². The average molecular weight is 264 g/mol. The van der Waals surface area contributed by atoms with Gasteiger partial charge in [-0.25, -0.2) is 0 Å². The zero-order valence-electron chi connectivity index (χ0n) is 10.6. The molecule has 0 aliphatic heterocycles. The average Bonchev–Trinajstić information content (AvgIpc) is 3.03. The van der Waals surface area contributed by atoms with Crippen LogP contribution in [0, 0.1) is 0 Å². The molecule has 1 amide bonds. The monoisotopic (exact) mass is 264 g/mol. The van der Waals surface area contributed by atoms with E-state index < -0.39 is 0 Å². The number of nitrogens with one attached hydrogen (secondary N) is 1. The van der Waals surface area contributed by atoms with Gasteiger partial charge >= 0.3 is 0 Å². The van der Waals surface area contributed by atoms with Crippen LogP contribution in [-0.2, 0) is 0 Å². The molecule has 0 unspecified atom stereocenters. The number of carbonyl (C=O) groups excluding carboxylic acids is 1. The Hall–Kier alpha value is -2.88. The maximum atomic E-state index is 12.0. The van der Waals surface area contributed by atoms with Crippen LogP contribution in [0.2, 0.25) is 0 Å². The van der Waals surface area contributed by atoms with Crippen LogP contribution in [0.3, 0.4) is 0 Å². The van der Waals surface area contributed by atoms with Crippen LogP contribution in [0.25, 0.3) is 11.3 Å². The minimum atomic E-state index is -0.279. The van der Waals surface area contributed by atoms with Gasteiger partial charge in [-0.3, -0.25) is 9.78 Å². The number of hydrogen-bond acceptors (Lipinski definition) is 3. The molecule has 0 bridgehead atoms. The van der Waals surface area contributed by atoms with Gasteiger partial charge in [-0.2, -0.15) is 0 Å². The van der Waals surface area contributed by atoms with E-state index in [9.17, 15) is 4.79 Å². The van der Waals surface area contributed by atoms with E-state index in [2.05, 4.69) is 10.3 Å². The van der Waals surface area contributed by atoms with Crippen LogP contribution in [0.5, 0.6) is 0 Å². The van der Waals surface area contributed by atoms with Gasteiger partial charge < -0.3 is 9.73 Å². The third-order valence-electron chi connectivity index (χ3n) is 2.86. The number of nitrogens with zero attached hydrogens (tertiary/aromatic N) is 1. The Balaban J connectivity index is 1.93. The summed E-state index contributed by atoms with van der Waals surface area (Å²) in [6.45, 7) is 0. The van der Waals surface area contributed by atoms with E-state index in [-0.39, 0.29) is 11.7 Å². The first-order valence-electron chi connectivity index (χ1n) is 6.20. The molecule has 0 aliphatic rings. The summed E-state index contributed by atoms with van der Waals surface area (Å²) in [5.74, 6) is -0.000736. The second-order valence-electron chi connectivity index (χ2n) is 4.19. The lowest BCUT2D eigenvalue weighted by molar-refractivity contribution is 0.0996. The van der Waals surface area contributed by atoms with Crippen molar-refractivity contribution in [2.45, 2.75) is 0 Å². The zero-order chi connectivity index (χ0) is 13.8. The fourth-order valence-corrected chi connectivity index (χ4v) is 1.93. The van der Waals surface area contributed by atoms with E-state index >= 15 is 0 Å². The summed E-state index contributed by atoms with van der Waals surface area (Å²) < 4.78 is 5.09. The van der Waals surface area contributed by atoms with Gasteiger partial charge in [0.15, 0.2) is 5.76 Å². The van der Waals surface area contributed by atoms with Crippen molar-refractivity contribution in [1.29, 1.82) is 0 Å². The molecule has 0 spiro atoms. The predicted molar refractivity (Wildman–Crippen MR) is 76.3 cm³/mol. The summed E-state index contributed by atoms with van der Waals surface area (Å²) in [4.78, 5) is 16.3. The molecule has 0 aliphatic carbocycles. The Morgan fingerprint density at radius 1 is 1.00 bits per heavy atom. The highest BCUT2D eigenvalue weighted by Crippen LogP contribution is 2.26. The van der Waals surface area contributed by atoms with E-state index in [1.54, 1.807) is 18.3 Å². The number of carbonyl (C=O) groups is 1. The van der Waals surface area contributed by atoms with Crippen LogP contribution in [0.15, 0.2) is 71.5 Å². The van der Waals surface area contributed by atoms with Crippen molar-refractivity contribution in [2.24, 2.45) is 0 Å². The second kappa shape index (κ2) is 5.40. The third kappa shape index (κ3) is 2.44. The second-order valence-corrected chi connectivity index (χ2v) is 4.19. The molecule has 3 rings (SSSR count). The molecule has 2 aromatic heterocycles. The Morgan fingerprint density at radius 3 is 2.60 bits per heavy atom.